The van der Waals surface area contributed by atoms with Crippen molar-refractivity contribution in [2.24, 2.45) is 11.7 Å². The van der Waals surface area contributed by atoms with Crippen molar-refractivity contribution in [3.63, 3.8) is 0 Å². The zero-order valence-electron chi connectivity index (χ0n) is 14.3. The quantitative estimate of drug-likeness (QED) is 0.802. The van der Waals surface area contributed by atoms with Crippen LogP contribution >= 0.6 is 11.6 Å². The fourth-order valence-electron chi connectivity index (χ4n) is 2.24. The number of hydrogen-bond donors (Lipinski definition) is 2. The van der Waals surface area contributed by atoms with Gasteiger partial charge in [0.15, 0.2) is 11.7 Å². The molecule has 2 rings (SSSR count). The zero-order valence-corrected chi connectivity index (χ0v) is 15.1. The number of halogens is 1. The van der Waals surface area contributed by atoms with Gasteiger partial charge in [0.1, 0.15) is 0 Å². The predicted molar refractivity (Wildman–Crippen MR) is 95.7 cm³/mol. The minimum atomic E-state index is -0.406. The van der Waals surface area contributed by atoms with E-state index in [1.165, 1.54) is 0 Å². The SMILES string of the molecule is CC(C)C(C)(CN)NC(=O)CCc1ncc(-c2ccccc2Cl)o1. The third kappa shape index (κ3) is 4.36. The number of aryl methyl sites for hydroxylation is 1. The average molecular weight is 350 g/mol. The third-order valence-electron chi connectivity index (χ3n) is 4.38. The van der Waals surface area contributed by atoms with E-state index in [2.05, 4.69) is 10.3 Å². The highest BCUT2D eigenvalue weighted by Gasteiger charge is 2.28. The third-order valence-corrected chi connectivity index (χ3v) is 4.71. The number of nitrogens with zero attached hydrogens (tertiary/aromatic N) is 1. The number of carbonyl (C=O) groups excluding carboxylic acids is 1. The second-order valence-corrected chi connectivity index (χ2v) is 6.83. The molecule has 0 spiro atoms. The van der Waals surface area contributed by atoms with Gasteiger partial charge in [0.2, 0.25) is 5.91 Å². The van der Waals surface area contributed by atoms with Crippen molar-refractivity contribution in [2.45, 2.75) is 39.2 Å². The van der Waals surface area contributed by atoms with Crippen LogP contribution in [-0.2, 0) is 11.2 Å². The van der Waals surface area contributed by atoms with Crippen LogP contribution in [0.5, 0.6) is 0 Å². The van der Waals surface area contributed by atoms with E-state index in [4.69, 9.17) is 21.8 Å². The molecule has 6 heteroatoms. The minimum absolute atomic E-state index is 0.0610. The molecule has 1 aromatic heterocycles. The van der Waals surface area contributed by atoms with Gasteiger partial charge in [-0.15, -0.1) is 0 Å². The van der Waals surface area contributed by atoms with Gasteiger partial charge in [-0.1, -0.05) is 37.6 Å². The molecule has 0 radical (unpaired) electrons. The second kappa shape index (κ2) is 7.81. The van der Waals surface area contributed by atoms with Gasteiger partial charge in [0, 0.05) is 24.9 Å². The van der Waals surface area contributed by atoms with Gasteiger partial charge in [-0.25, -0.2) is 4.98 Å². The van der Waals surface area contributed by atoms with Crippen LogP contribution in [0, 0.1) is 5.92 Å². The average Bonchev–Trinajstić information content (AvgIpc) is 3.01. The molecule has 0 aliphatic carbocycles. The lowest BCUT2D eigenvalue weighted by atomic mass is 9.88. The molecule has 0 saturated heterocycles. The van der Waals surface area contributed by atoms with Gasteiger partial charge in [-0.2, -0.15) is 0 Å². The summed E-state index contributed by atoms with van der Waals surface area (Å²) >= 11 is 6.15. The van der Waals surface area contributed by atoms with E-state index >= 15 is 0 Å². The highest BCUT2D eigenvalue weighted by Crippen LogP contribution is 2.28. The molecular formula is C18H24ClN3O2. The molecule has 1 amide bonds. The summed E-state index contributed by atoms with van der Waals surface area (Å²) in [6.07, 6.45) is 2.35. The highest BCUT2D eigenvalue weighted by molar-refractivity contribution is 6.33. The highest BCUT2D eigenvalue weighted by atomic mass is 35.5. The molecule has 0 aliphatic heterocycles. The van der Waals surface area contributed by atoms with Crippen molar-refractivity contribution in [1.29, 1.82) is 0 Å². The van der Waals surface area contributed by atoms with Crippen molar-refractivity contribution in [3.8, 4) is 11.3 Å². The molecule has 130 valence electrons. The lowest BCUT2D eigenvalue weighted by molar-refractivity contribution is -0.123. The summed E-state index contributed by atoms with van der Waals surface area (Å²) in [6.45, 7) is 6.43. The van der Waals surface area contributed by atoms with Gasteiger partial charge in [0.25, 0.3) is 0 Å². The minimum Gasteiger partial charge on any atom is -0.441 e. The smallest absolute Gasteiger partial charge is 0.220 e. The number of benzene rings is 1. The summed E-state index contributed by atoms with van der Waals surface area (Å²) in [6, 6.07) is 7.41. The fraction of sp³-hybridized carbons (Fsp3) is 0.444. The molecule has 2 aromatic rings. The van der Waals surface area contributed by atoms with E-state index < -0.39 is 5.54 Å². The Balaban J connectivity index is 1.96. The van der Waals surface area contributed by atoms with E-state index in [0.29, 0.717) is 36.1 Å². The number of oxazole rings is 1. The first-order valence-electron chi connectivity index (χ1n) is 8.06. The largest absolute Gasteiger partial charge is 0.441 e. The van der Waals surface area contributed by atoms with Gasteiger partial charge in [-0.05, 0) is 25.0 Å². The molecule has 1 aromatic carbocycles. The molecule has 1 atom stereocenters. The maximum absolute atomic E-state index is 12.2. The summed E-state index contributed by atoms with van der Waals surface area (Å²) in [4.78, 5) is 16.4. The van der Waals surface area contributed by atoms with Crippen LogP contribution in [0.4, 0.5) is 0 Å². The molecule has 1 heterocycles. The Hall–Kier alpha value is -1.85. The normalized spacial score (nSPS) is 13.8. The molecule has 24 heavy (non-hydrogen) atoms. The number of carbonyl (C=O) groups is 1. The lowest BCUT2D eigenvalue weighted by Crippen LogP contribution is -2.55. The molecule has 5 nitrogen and oxygen atoms in total. The van der Waals surface area contributed by atoms with Crippen LogP contribution in [0.2, 0.25) is 5.02 Å². The van der Waals surface area contributed by atoms with Crippen LogP contribution in [0.3, 0.4) is 0 Å². The Kier molecular flexibility index (Phi) is 6.02. The van der Waals surface area contributed by atoms with Gasteiger partial charge in [-0.3, -0.25) is 4.79 Å². The van der Waals surface area contributed by atoms with Crippen LogP contribution in [0.15, 0.2) is 34.9 Å². The monoisotopic (exact) mass is 349 g/mol. The molecule has 0 saturated carbocycles. The van der Waals surface area contributed by atoms with Crippen molar-refractivity contribution in [3.05, 3.63) is 41.4 Å². The first-order chi connectivity index (χ1) is 11.4. The van der Waals surface area contributed by atoms with E-state index in [-0.39, 0.29) is 11.8 Å². The maximum Gasteiger partial charge on any atom is 0.220 e. The summed E-state index contributed by atoms with van der Waals surface area (Å²) in [5.41, 5.74) is 6.17. The van der Waals surface area contributed by atoms with Gasteiger partial charge in [0.05, 0.1) is 16.8 Å². The Labute approximate surface area is 147 Å². The second-order valence-electron chi connectivity index (χ2n) is 6.42. The molecule has 0 fully saturated rings. The number of nitrogens with two attached hydrogens (primary N) is 1. The Bertz CT molecular complexity index is 699. The Morgan fingerprint density at radius 1 is 1.42 bits per heavy atom. The molecule has 0 aliphatic rings. The summed E-state index contributed by atoms with van der Waals surface area (Å²) in [5, 5.41) is 3.61. The van der Waals surface area contributed by atoms with Crippen molar-refractivity contribution < 1.29 is 9.21 Å². The maximum atomic E-state index is 12.2. The number of amides is 1. The standard InChI is InChI=1S/C18H24ClN3O2/c1-12(2)18(3,11-20)22-16(23)8-9-17-21-10-15(24-17)13-6-4-5-7-14(13)19/h4-7,10,12H,8-9,11,20H2,1-3H3,(H,22,23). The summed E-state index contributed by atoms with van der Waals surface area (Å²) in [5.74, 6) is 1.30. The number of rotatable bonds is 7. The predicted octanol–water partition coefficient (Wildman–Crippen LogP) is 3.42. The van der Waals surface area contributed by atoms with Crippen LogP contribution in [0.1, 0.15) is 33.1 Å². The Morgan fingerprint density at radius 3 is 2.75 bits per heavy atom. The van der Waals surface area contributed by atoms with E-state index in [0.717, 1.165) is 5.56 Å². The van der Waals surface area contributed by atoms with Crippen LogP contribution < -0.4 is 11.1 Å². The number of nitrogens with one attached hydrogen (secondary N) is 1. The van der Waals surface area contributed by atoms with Crippen LogP contribution in [0.25, 0.3) is 11.3 Å². The first kappa shape index (κ1) is 18.5. The van der Waals surface area contributed by atoms with E-state index in [9.17, 15) is 4.79 Å². The van der Waals surface area contributed by atoms with E-state index in [1.807, 2.05) is 39.0 Å². The zero-order chi connectivity index (χ0) is 17.7. The fourth-order valence-corrected chi connectivity index (χ4v) is 2.47. The number of hydrogen-bond acceptors (Lipinski definition) is 4. The topological polar surface area (TPSA) is 81.1 Å². The first-order valence-corrected chi connectivity index (χ1v) is 8.44. The van der Waals surface area contributed by atoms with Crippen molar-refractivity contribution in [2.75, 3.05) is 6.54 Å². The molecule has 0 bridgehead atoms. The van der Waals surface area contributed by atoms with Crippen molar-refractivity contribution in [1.82, 2.24) is 10.3 Å². The van der Waals surface area contributed by atoms with Gasteiger partial charge >= 0.3 is 0 Å². The van der Waals surface area contributed by atoms with Crippen molar-refractivity contribution >= 4 is 17.5 Å². The summed E-state index contributed by atoms with van der Waals surface area (Å²) < 4.78 is 5.70. The van der Waals surface area contributed by atoms with Gasteiger partial charge < -0.3 is 15.5 Å². The van der Waals surface area contributed by atoms with Crippen LogP contribution in [-0.4, -0.2) is 23.0 Å². The lowest BCUT2D eigenvalue weighted by Gasteiger charge is -2.33. The molecule has 1 unspecified atom stereocenters. The van der Waals surface area contributed by atoms with E-state index in [1.54, 1.807) is 12.3 Å². The molecule has 3 N–H and O–H groups in total. The number of aromatic nitrogens is 1. The molecular weight excluding hydrogens is 326 g/mol. The Morgan fingerprint density at radius 2 is 2.12 bits per heavy atom. The summed E-state index contributed by atoms with van der Waals surface area (Å²) in [7, 11) is 0.